The maximum atomic E-state index is 6.08. The molecule has 0 spiro atoms. The van der Waals surface area contributed by atoms with E-state index >= 15 is 0 Å². The lowest BCUT2D eigenvalue weighted by molar-refractivity contribution is -0.889. The molecule has 0 aliphatic carbocycles. The fourth-order valence-electron chi connectivity index (χ4n) is 2.50. The number of ether oxygens (including phenoxy) is 1. The molecule has 2 aromatic carbocycles. The Morgan fingerprint density at radius 3 is 1.83 bits per heavy atom. The van der Waals surface area contributed by atoms with Crippen LogP contribution in [0, 0.1) is 11.8 Å². The molecule has 0 aliphatic heterocycles. The van der Waals surface area contributed by atoms with Gasteiger partial charge in [-0.2, -0.15) is 0 Å². The summed E-state index contributed by atoms with van der Waals surface area (Å²) >= 11 is 0. The minimum absolute atomic E-state index is 0.0625. The normalized spacial score (nSPS) is 10.6. The van der Waals surface area contributed by atoms with Crippen LogP contribution >= 0.6 is 0 Å². The van der Waals surface area contributed by atoms with Gasteiger partial charge in [-0.25, -0.2) is 0 Å². The van der Waals surface area contributed by atoms with Crippen molar-refractivity contribution in [3.05, 3.63) is 71.8 Å². The third-order valence-electron chi connectivity index (χ3n) is 3.99. The first-order valence-corrected chi connectivity index (χ1v) is 8.36. The molecule has 2 heteroatoms. The highest BCUT2D eigenvalue weighted by atomic mass is 16.5. The van der Waals surface area contributed by atoms with Crippen molar-refractivity contribution in [2.75, 3.05) is 26.2 Å². The fourth-order valence-corrected chi connectivity index (χ4v) is 2.50. The second-order valence-corrected chi connectivity index (χ2v) is 5.50. The average molecular weight is 308 g/mol. The molecule has 0 amide bonds. The highest BCUT2D eigenvalue weighted by molar-refractivity contribution is 5.30. The Labute approximate surface area is 140 Å². The Hall–Kier alpha value is -2.08. The van der Waals surface area contributed by atoms with E-state index in [0.29, 0.717) is 6.61 Å². The first-order valence-electron chi connectivity index (χ1n) is 8.36. The quantitative estimate of drug-likeness (QED) is 0.777. The van der Waals surface area contributed by atoms with Gasteiger partial charge in [-0.3, -0.25) is 0 Å². The van der Waals surface area contributed by atoms with Gasteiger partial charge in [-0.15, -0.1) is 0 Å². The Kier molecular flexibility index (Phi) is 7.39. The topological polar surface area (TPSA) is 13.7 Å². The molecule has 0 atom stereocenters. The van der Waals surface area contributed by atoms with Crippen molar-refractivity contribution in [3.63, 3.8) is 0 Å². The molecule has 2 nitrogen and oxygen atoms in total. The number of nitrogens with one attached hydrogen (secondary N) is 1. The standard InChI is InChI=1S/C21H25NO/c1-3-22(4-2)17-11-12-18-23-21(19-13-7-5-8-14-19)20-15-9-6-10-16-20/h5-10,13-16,21H,3-4,17-18H2,1-2H3/p+1. The lowest BCUT2D eigenvalue weighted by atomic mass is 10.0. The summed E-state index contributed by atoms with van der Waals surface area (Å²) in [6, 6.07) is 20.6. The van der Waals surface area contributed by atoms with Crippen LogP contribution in [-0.4, -0.2) is 26.2 Å². The zero-order valence-corrected chi connectivity index (χ0v) is 14.1. The van der Waals surface area contributed by atoms with E-state index in [1.807, 2.05) is 36.4 Å². The third-order valence-corrected chi connectivity index (χ3v) is 3.99. The van der Waals surface area contributed by atoms with Gasteiger partial charge < -0.3 is 9.64 Å². The van der Waals surface area contributed by atoms with Gasteiger partial charge in [0.1, 0.15) is 19.3 Å². The predicted octanol–water partition coefficient (Wildman–Crippen LogP) is 2.72. The summed E-state index contributed by atoms with van der Waals surface area (Å²) in [7, 11) is 0. The summed E-state index contributed by atoms with van der Waals surface area (Å²) in [4.78, 5) is 1.50. The summed E-state index contributed by atoms with van der Waals surface area (Å²) in [6.45, 7) is 7.95. The van der Waals surface area contributed by atoms with E-state index < -0.39 is 0 Å². The SMILES string of the molecule is CC[NH+](CC)CC#CCOC(c1ccccc1)c1ccccc1. The third kappa shape index (κ3) is 5.56. The van der Waals surface area contributed by atoms with Gasteiger partial charge in [-0.05, 0) is 30.9 Å². The zero-order chi connectivity index (χ0) is 16.3. The second-order valence-electron chi connectivity index (χ2n) is 5.50. The molecule has 0 saturated carbocycles. The monoisotopic (exact) mass is 308 g/mol. The van der Waals surface area contributed by atoms with Crippen molar-refractivity contribution in [3.8, 4) is 11.8 Å². The van der Waals surface area contributed by atoms with Crippen molar-refractivity contribution in [1.82, 2.24) is 0 Å². The van der Waals surface area contributed by atoms with Crippen molar-refractivity contribution >= 4 is 0 Å². The molecule has 0 saturated heterocycles. The Morgan fingerprint density at radius 2 is 1.35 bits per heavy atom. The molecule has 23 heavy (non-hydrogen) atoms. The number of quaternary nitrogens is 1. The molecule has 0 bridgehead atoms. The molecule has 0 aliphatic rings. The Morgan fingerprint density at radius 1 is 0.826 bits per heavy atom. The Balaban J connectivity index is 2.01. The molecule has 1 N–H and O–H groups in total. The molecule has 2 aromatic rings. The van der Waals surface area contributed by atoms with Crippen LogP contribution in [0.5, 0.6) is 0 Å². The van der Waals surface area contributed by atoms with Gasteiger partial charge >= 0.3 is 0 Å². The molecule has 0 aromatic heterocycles. The van der Waals surface area contributed by atoms with Crippen LogP contribution in [0.15, 0.2) is 60.7 Å². The van der Waals surface area contributed by atoms with E-state index in [4.69, 9.17) is 4.74 Å². The first kappa shape index (κ1) is 17.3. The van der Waals surface area contributed by atoms with Gasteiger partial charge in [0.05, 0.1) is 13.1 Å². The summed E-state index contributed by atoms with van der Waals surface area (Å²) in [5, 5.41) is 0. The van der Waals surface area contributed by atoms with Crippen LogP contribution in [0.25, 0.3) is 0 Å². The van der Waals surface area contributed by atoms with Gasteiger partial charge in [0.15, 0.2) is 0 Å². The molecule has 0 heterocycles. The predicted molar refractivity (Wildman–Crippen MR) is 95.4 cm³/mol. The minimum Gasteiger partial charge on any atom is -0.356 e. The number of hydrogen-bond donors (Lipinski definition) is 1. The summed E-state index contributed by atoms with van der Waals surface area (Å²) in [5.74, 6) is 6.40. The maximum absolute atomic E-state index is 6.08. The molecule has 120 valence electrons. The number of rotatable bonds is 7. The van der Waals surface area contributed by atoms with E-state index in [2.05, 4.69) is 50.0 Å². The average Bonchev–Trinajstić information content (AvgIpc) is 2.63. The van der Waals surface area contributed by atoms with Crippen LogP contribution in [-0.2, 0) is 4.74 Å². The molecule has 0 unspecified atom stereocenters. The zero-order valence-electron chi connectivity index (χ0n) is 14.1. The van der Waals surface area contributed by atoms with E-state index in [9.17, 15) is 0 Å². The van der Waals surface area contributed by atoms with Crippen LogP contribution < -0.4 is 4.90 Å². The van der Waals surface area contributed by atoms with Crippen molar-refractivity contribution in [2.45, 2.75) is 20.0 Å². The van der Waals surface area contributed by atoms with Gasteiger partial charge in [0, 0.05) is 0 Å². The number of hydrogen-bond acceptors (Lipinski definition) is 1. The second kappa shape index (κ2) is 9.84. The fraction of sp³-hybridized carbons (Fsp3) is 0.333. The first-order chi connectivity index (χ1) is 11.3. The highest BCUT2D eigenvalue weighted by Gasteiger charge is 2.13. The van der Waals surface area contributed by atoms with Crippen molar-refractivity contribution < 1.29 is 9.64 Å². The smallest absolute Gasteiger partial charge is 0.139 e. The maximum Gasteiger partial charge on any atom is 0.139 e. The summed E-state index contributed by atoms with van der Waals surface area (Å²) < 4.78 is 6.08. The van der Waals surface area contributed by atoms with Crippen LogP contribution in [0.4, 0.5) is 0 Å². The van der Waals surface area contributed by atoms with Gasteiger partial charge in [-0.1, -0.05) is 66.6 Å². The van der Waals surface area contributed by atoms with Crippen LogP contribution in [0.2, 0.25) is 0 Å². The summed E-state index contributed by atoms with van der Waals surface area (Å²) in [6.07, 6.45) is -0.0625. The Bertz CT molecular complexity index is 569. The largest absolute Gasteiger partial charge is 0.356 e. The van der Waals surface area contributed by atoms with E-state index in [0.717, 1.165) is 30.8 Å². The lowest BCUT2D eigenvalue weighted by Crippen LogP contribution is -3.11. The minimum atomic E-state index is -0.0625. The van der Waals surface area contributed by atoms with Crippen molar-refractivity contribution in [1.29, 1.82) is 0 Å². The van der Waals surface area contributed by atoms with Crippen LogP contribution in [0.1, 0.15) is 31.1 Å². The van der Waals surface area contributed by atoms with E-state index in [-0.39, 0.29) is 6.10 Å². The van der Waals surface area contributed by atoms with Crippen LogP contribution in [0.3, 0.4) is 0 Å². The lowest BCUT2D eigenvalue weighted by Gasteiger charge is -2.17. The van der Waals surface area contributed by atoms with Gasteiger partial charge in [0.2, 0.25) is 0 Å². The summed E-state index contributed by atoms with van der Waals surface area (Å²) in [5.41, 5.74) is 2.32. The molecule has 2 rings (SSSR count). The number of benzene rings is 2. The molecule has 0 radical (unpaired) electrons. The molecular formula is C21H26NO+. The molecular weight excluding hydrogens is 282 g/mol. The van der Waals surface area contributed by atoms with Crippen molar-refractivity contribution in [2.24, 2.45) is 0 Å². The molecule has 0 fully saturated rings. The van der Waals surface area contributed by atoms with Gasteiger partial charge in [0.25, 0.3) is 0 Å². The van der Waals surface area contributed by atoms with E-state index in [1.165, 1.54) is 4.90 Å². The highest BCUT2D eigenvalue weighted by Crippen LogP contribution is 2.25. The van der Waals surface area contributed by atoms with E-state index in [1.54, 1.807) is 0 Å².